The second-order valence-corrected chi connectivity index (χ2v) is 5.12. The van der Waals surface area contributed by atoms with Crippen LogP contribution >= 0.6 is 0 Å². The van der Waals surface area contributed by atoms with Crippen molar-refractivity contribution in [3.63, 3.8) is 0 Å². The van der Waals surface area contributed by atoms with Crippen LogP contribution in [0, 0.1) is 0 Å². The topological polar surface area (TPSA) is 146 Å². The Balaban J connectivity index is 2.17. The highest BCUT2D eigenvalue weighted by Crippen LogP contribution is 2.24. The molecule has 0 aliphatic carbocycles. The monoisotopic (exact) mass is 318 g/mol. The van der Waals surface area contributed by atoms with Crippen molar-refractivity contribution in [2.24, 2.45) is 0 Å². The van der Waals surface area contributed by atoms with Crippen molar-refractivity contribution in [2.75, 3.05) is 6.61 Å². The van der Waals surface area contributed by atoms with Crippen LogP contribution in [0.15, 0.2) is 0 Å². The van der Waals surface area contributed by atoms with Gasteiger partial charge in [0.25, 0.3) is 11.8 Å². The highest BCUT2D eigenvalue weighted by Gasteiger charge is 2.47. The van der Waals surface area contributed by atoms with E-state index in [4.69, 9.17) is 14.7 Å². The maximum atomic E-state index is 11.6. The zero-order valence-electron chi connectivity index (χ0n) is 11.8. The number of amides is 3. The first-order valence-electron chi connectivity index (χ1n) is 6.77. The van der Waals surface area contributed by atoms with Crippen LogP contribution < -0.4 is 5.32 Å². The van der Waals surface area contributed by atoms with Crippen LogP contribution in [0.4, 0.5) is 0 Å². The third kappa shape index (κ3) is 3.25. The summed E-state index contributed by atoms with van der Waals surface area (Å²) in [6.07, 6.45) is -5.59. The number of hydrogen-bond donors (Lipinski definition) is 4. The highest BCUT2D eigenvalue weighted by atomic mass is 16.8. The van der Waals surface area contributed by atoms with Gasteiger partial charge in [-0.25, -0.2) is 4.84 Å². The molecule has 0 radical (unpaired) electrons. The number of carbonyl (C=O) groups excluding carboxylic acids is 3. The number of imide groups is 1. The molecule has 2 rings (SSSR count). The molecule has 4 N–H and O–H groups in total. The predicted octanol–water partition coefficient (Wildman–Crippen LogP) is -2.99. The minimum absolute atomic E-state index is 0.00896. The molecule has 124 valence electrons. The van der Waals surface area contributed by atoms with Gasteiger partial charge in [-0.3, -0.25) is 14.4 Å². The summed E-state index contributed by atoms with van der Waals surface area (Å²) in [4.78, 5) is 39.5. The smallest absolute Gasteiger partial charge is 0.254 e. The van der Waals surface area contributed by atoms with Crippen molar-refractivity contribution >= 4 is 17.7 Å². The van der Waals surface area contributed by atoms with Gasteiger partial charge in [-0.15, -0.1) is 0 Å². The number of ether oxygens (including phenoxy) is 1. The molecule has 2 aliphatic rings. The number of nitrogens with zero attached hydrogens (tertiary/aromatic N) is 1. The second-order valence-electron chi connectivity index (χ2n) is 5.12. The summed E-state index contributed by atoms with van der Waals surface area (Å²) < 4.78 is 5.25. The number of aliphatic hydroxyl groups excluding tert-OH is 3. The summed E-state index contributed by atoms with van der Waals surface area (Å²) in [7, 11) is 0. The van der Waals surface area contributed by atoms with E-state index in [2.05, 4.69) is 5.32 Å². The minimum atomic E-state index is -1.51. The molecule has 0 saturated carbocycles. The Hall–Kier alpha value is -1.59. The van der Waals surface area contributed by atoms with Gasteiger partial charge in [0.1, 0.15) is 24.4 Å². The van der Waals surface area contributed by atoms with Crippen LogP contribution in [0.3, 0.4) is 0 Å². The van der Waals surface area contributed by atoms with E-state index in [0.29, 0.717) is 5.06 Å². The van der Waals surface area contributed by atoms with Crippen molar-refractivity contribution in [1.82, 2.24) is 10.4 Å². The zero-order valence-corrected chi connectivity index (χ0v) is 11.8. The third-order valence-electron chi connectivity index (χ3n) is 3.47. The van der Waals surface area contributed by atoms with Crippen LogP contribution in [0.5, 0.6) is 0 Å². The molecular formula is C12H18N2O8. The Labute approximate surface area is 125 Å². The normalized spacial score (nSPS) is 35.8. The minimum Gasteiger partial charge on any atom is -0.394 e. The molecule has 2 heterocycles. The summed E-state index contributed by atoms with van der Waals surface area (Å²) in [6.45, 7) is 0.563. The fraction of sp³-hybridized carbons (Fsp3) is 0.750. The van der Waals surface area contributed by atoms with E-state index in [1.165, 1.54) is 6.92 Å². The highest BCUT2D eigenvalue weighted by molar-refractivity contribution is 6.00. The van der Waals surface area contributed by atoms with Crippen LogP contribution in [-0.2, 0) is 24.0 Å². The van der Waals surface area contributed by atoms with E-state index in [1.54, 1.807) is 0 Å². The first-order chi connectivity index (χ1) is 10.3. The Morgan fingerprint density at radius 2 is 1.91 bits per heavy atom. The number of hydroxylamine groups is 2. The molecule has 22 heavy (non-hydrogen) atoms. The van der Waals surface area contributed by atoms with Crippen LogP contribution in [0.1, 0.15) is 19.8 Å². The molecule has 2 aliphatic heterocycles. The molecule has 10 heteroatoms. The molecule has 0 bridgehead atoms. The summed E-state index contributed by atoms with van der Waals surface area (Å²) in [5.74, 6) is -1.68. The number of nitrogens with one attached hydrogen (secondary N) is 1. The van der Waals surface area contributed by atoms with Gasteiger partial charge >= 0.3 is 0 Å². The van der Waals surface area contributed by atoms with E-state index in [-0.39, 0.29) is 12.8 Å². The van der Waals surface area contributed by atoms with Gasteiger partial charge in [-0.05, 0) is 0 Å². The lowest BCUT2D eigenvalue weighted by atomic mass is 9.97. The summed E-state index contributed by atoms with van der Waals surface area (Å²) >= 11 is 0. The summed E-state index contributed by atoms with van der Waals surface area (Å²) in [5, 5.41) is 31.8. The van der Waals surface area contributed by atoms with Gasteiger partial charge in [0, 0.05) is 19.8 Å². The Morgan fingerprint density at radius 3 is 2.41 bits per heavy atom. The number of carbonyl (C=O) groups is 3. The molecule has 0 spiro atoms. The Bertz CT molecular complexity index is 454. The average molecular weight is 318 g/mol. The van der Waals surface area contributed by atoms with E-state index in [9.17, 15) is 24.6 Å². The van der Waals surface area contributed by atoms with E-state index in [1.807, 2.05) is 0 Å². The molecule has 2 saturated heterocycles. The maximum absolute atomic E-state index is 11.6. The molecule has 10 nitrogen and oxygen atoms in total. The van der Waals surface area contributed by atoms with Crippen molar-refractivity contribution in [3.8, 4) is 0 Å². The van der Waals surface area contributed by atoms with Crippen LogP contribution in [0.25, 0.3) is 0 Å². The molecule has 5 atom stereocenters. The average Bonchev–Trinajstić information content (AvgIpc) is 2.77. The van der Waals surface area contributed by atoms with Crippen molar-refractivity contribution in [1.29, 1.82) is 0 Å². The molecule has 2 fully saturated rings. The van der Waals surface area contributed by atoms with E-state index >= 15 is 0 Å². The van der Waals surface area contributed by atoms with Gasteiger partial charge in [-0.2, -0.15) is 5.06 Å². The molecular weight excluding hydrogens is 300 g/mol. The zero-order chi connectivity index (χ0) is 16.4. The molecule has 0 aromatic heterocycles. The third-order valence-corrected chi connectivity index (χ3v) is 3.47. The number of hydrogen-bond acceptors (Lipinski definition) is 8. The lowest BCUT2D eigenvalue weighted by Gasteiger charge is -2.42. The van der Waals surface area contributed by atoms with Crippen molar-refractivity contribution < 1.29 is 39.3 Å². The molecule has 3 amide bonds. The van der Waals surface area contributed by atoms with Crippen LogP contribution in [0.2, 0.25) is 0 Å². The quantitative estimate of drug-likeness (QED) is 0.401. The Morgan fingerprint density at radius 1 is 1.32 bits per heavy atom. The van der Waals surface area contributed by atoms with Gasteiger partial charge in [0.2, 0.25) is 12.2 Å². The fourth-order valence-electron chi connectivity index (χ4n) is 2.34. The van der Waals surface area contributed by atoms with Gasteiger partial charge in [-0.1, -0.05) is 0 Å². The standard InChI is InChI=1S/C12H18N2O8/c1-5(16)13-9-11(20)10(19)6(4-15)21-12(9)22-14-7(17)2-3-8(14)18/h6,9-12,15,19-20H,2-4H2,1H3,(H,13,16). The predicted molar refractivity (Wildman–Crippen MR) is 67.5 cm³/mol. The summed E-state index contributed by atoms with van der Waals surface area (Å²) in [5.41, 5.74) is 0. The fourth-order valence-corrected chi connectivity index (χ4v) is 2.34. The summed E-state index contributed by atoms with van der Waals surface area (Å²) in [6, 6.07) is -1.21. The van der Waals surface area contributed by atoms with Gasteiger partial charge < -0.3 is 25.4 Å². The first kappa shape index (κ1) is 16.8. The Kier molecular flexibility index (Phi) is 5.08. The maximum Gasteiger partial charge on any atom is 0.254 e. The lowest BCUT2D eigenvalue weighted by Crippen LogP contribution is -2.65. The number of aliphatic hydroxyl groups is 3. The number of rotatable bonds is 4. The van der Waals surface area contributed by atoms with E-state index in [0.717, 1.165) is 0 Å². The van der Waals surface area contributed by atoms with Crippen molar-refractivity contribution in [3.05, 3.63) is 0 Å². The van der Waals surface area contributed by atoms with E-state index < -0.39 is 55.0 Å². The molecule has 0 aromatic carbocycles. The second kappa shape index (κ2) is 6.67. The lowest BCUT2D eigenvalue weighted by molar-refractivity contribution is -0.320. The first-order valence-corrected chi connectivity index (χ1v) is 6.77. The van der Waals surface area contributed by atoms with Crippen molar-refractivity contribution in [2.45, 2.75) is 50.4 Å². The molecule has 5 unspecified atom stereocenters. The molecule has 0 aromatic rings. The van der Waals surface area contributed by atoms with Gasteiger partial charge in [0.05, 0.1) is 6.61 Å². The van der Waals surface area contributed by atoms with Crippen LogP contribution in [-0.4, -0.2) is 75.4 Å². The SMILES string of the molecule is CC(=O)NC1C(ON2C(=O)CCC2=O)OC(CO)C(O)C1O. The largest absolute Gasteiger partial charge is 0.394 e. The van der Waals surface area contributed by atoms with Gasteiger partial charge in [0.15, 0.2) is 0 Å².